The summed E-state index contributed by atoms with van der Waals surface area (Å²) < 4.78 is 10.7. The first-order valence-corrected chi connectivity index (χ1v) is 12.6. The number of hydrogen-bond acceptors (Lipinski definition) is 6. The maximum atomic E-state index is 13.3. The van der Waals surface area contributed by atoms with E-state index in [0.717, 1.165) is 12.1 Å². The SMILES string of the molecule is C[C@@H]1CC[C@@H](C(=O)N2CCN(c3ccc(NC(=O)c4ccc(Cl)o4)cc3)CC2)N1C(=O)OC(C)(C)C. The maximum absolute atomic E-state index is 13.3. The number of ether oxygens (including phenoxy) is 1. The molecule has 4 rings (SSSR count). The quantitative estimate of drug-likeness (QED) is 0.637. The first kappa shape index (κ1) is 25.9. The zero-order chi connectivity index (χ0) is 26.0. The van der Waals surface area contributed by atoms with Crippen molar-refractivity contribution in [2.75, 3.05) is 36.4 Å². The van der Waals surface area contributed by atoms with Crippen LogP contribution >= 0.6 is 11.6 Å². The lowest BCUT2D eigenvalue weighted by atomic mass is 10.1. The van der Waals surface area contributed by atoms with Gasteiger partial charge in [-0.2, -0.15) is 0 Å². The summed E-state index contributed by atoms with van der Waals surface area (Å²) in [4.78, 5) is 44.0. The van der Waals surface area contributed by atoms with Crippen LogP contribution in [0.4, 0.5) is 16.2 Å². The van der Waals surface area contributed by atoms with E-state index in [9.17, 15) is 14.4 Å². The van der Waals surface area contributed by atoms with Gasteiger partial charge in [0.1, 0.15) is 11.6 Å². The Morgan fingerprint density at radius 3 is 2.25 bits per heavy atom. The molecule has 2 saturated heterocycles. The van der Waals surface area contributed by atoms with Crippen molar-refractivity contribution in [3.8, 4) is 0 Å². The van der Waals surface area contributed by atoms with Gasteiger partial charge in [-0.3, -0.25) is 14.5 Å². The van der Waals surface area contributed by atoms with Crippen molar-refractivity contribution in [2.45, 2.75) is 58.2 Å². The van der Waals surface area contributed by atoms with Crippen molar-refractivity contribution in [1.29, 1.82) is 0 Å². The van der Waals surface area contributed by atoms with E-state index in [1.54, 1.807) is 4.90 Å². The smallest absolute Gasteiger partial charge is 0.411 e. The van der Waals surface area contributed by atoms with E-state index in [2.05, 4.69) is 10.2 Å². The highest BCUT2D eigenvalue weighted by molar-refractivity contribution is 6.29. The molecular formula is C26H33ClN4O5. The number of likely N-dealkylation sites (tertiary alicyclic amines) is 1. The summed E-state index contributed by atoms with van der Waals surface area (Å²) in [6.45, 7) is 9.96. The van der Waals surface area contributed by atoms with Gasteiger partial charge in [-0.25, -0.2) is 4.79 Å². The fourth-order valence-corrected chi connectivity index (χ4v) is 4.78. The average Bonchev–Trinajstić information content (AvgIpc) is 3.44. The van der Waals surface area contributed by atoms with Crippen LogP contribution < -0.4 is 10.2 Å². The van der Waals surface area contributed by atoms with Gasteiger partial charge < -0.3 is 24.3 Å². The van der Waals surface area contributed by atoms with Crippen LogP contribution in [0.3, 0.4) is 0 Å². The number of nitrogens with zero attached hydrogens (tertiary/aromatic N) is 3. The van der Waals surface area contributed by atoms with Gasteiger partial charge in [0.2, 0.25) is 5.91 Å². The molecule has 0 spiro atoms. The number of anilines is 2. The lowest BCUT2D eigenvalue weighted by Crippen LogP contribution is -2.55. The number of carbonyl (C=O) groups excluding carboxylic acids is 3. The molecule has 0 unspecified atom stereocenters. The van der Waals surface area contributed by atoms with E-state index < -0.39 is 17.7 Å². The summed E-state index contributed by atoms with van der Waals surface area (Å²) in [6.07, 6.45) is 1.01. The van der Waals surface area contributed by atoms with Gasteiger partial charge in [0, 0.05) is 43.6 Å². The standard InChI is InChI=1S/C26H33ClN4O5/c1-17-5-10-20(31(17)25(34)36-26(2,3)4)24(33)30-15-13-29(14-16-30)19-8-6-18(7-9-19)28-23(32)21-11-12-22(27)35-21/h6-9,11-12,17,20H,5,10,13-16H2,1-4H3,(H,28,32)/t17-,20+/m1/s1. The number of nitrogens with one attached hydrogen (secondary N) is 1. The summed E-state index contributed by atoms with van der Waals surface area (Å²) in [5, 5.41) is 2.94. The van der Waals surface area contributed by atoms with Crippen LogP contribution in [0.5, 0.6) is 0 Å². The number of benzene rings is 1. The molecule has 1 aromatic heterocycles. The highest BCUT2D eigenvalue weighted by Gasteiger charge is 2.42. The van der Waals surface area contributed by atoms with Gasteiger partial charge in [-0.05, 0) is 88.5 Å². The largest absolute Gasteiger partial charge is 0.444 e. The summed E-state index contributed by atoms with van der Waals surface area (Å²) >= 11 is 5.73. The second-order valence-corrected chi connectivity index (χ2v) is 10.6. The third-order valence-electron chi connectivity index (χ3n) is 6.44. The molecule has 2 aromatic rings. The van der Waals surface area contributed by atoms with Gasteiger partial charge in [0.25, 0.3) is 5.91 Å². The topological polar surface area (TPSA) is 95.3 Å². The number of rotatable bonds is 4. The summed E-state index contributed by atoms with van der Waals surface area (Å²) in [5.41, 5.74) is 1.04. The molecule has 36 heavy (non-hydrogen) atoms. The predicted octanol–water partition coefficient (Wildman–Crippen LogP) is 4.62. The van der Waals surface area contributed by atoms with E-state index in [1.807, 2.05) is 56.9 Å². The summed E-state index contributed by atoms with van der Waals surface area (Å²) in [6, 6.07) is 10.1. The lowest BCUT2D eigenvalue weighted by Gasteiger charge is -2.39. The Morgan fingerprint density at radius 2 is 1.67 bits per heavy atom. The molecule has 1 N–H and O–H groups in total. The third kappa shape index (κ3) is 5.95. The van der Waals surface area contributed by atoms with E-state index in [-0.39, 0.29) is 28.8 Å². The average molecular weight is 517 g/mol. The first-order chi connectivity index (χ1) is 17.0. The zero-order valence-electron chi connectivity index (χ0n) is 21.1. The van der Waals surface area contributed by atoms with Crippen LogP contribution in [0.15, 0.2) is 40.8 Å². The van der Waals surface area contributed by atoms with Crippen molar-refractivity contribution >= 4 is 40.9 Å². The fraction of sp³-hybridized carbons (Fsp3) is 0.500. The molecule has 10 heteroatoms. The van der Waals surface area contributed by atoms with Crippen molar-refractivity contribution in [3.05, 3.63) is 47.4 Å². The first-order valence-electron chi connectivity index (χ1n) is 12.2. The van der Waals surface area contributed by atoms with E-state index in [1.165, 1.54) is 12.1 Å². The fourth-order valence-electron chi connectivity index (χ4n) is 4.63. The van der Waals surface area contributed by atoms with Crippen LogP contribution in [0.1, 0.15) is 51.1 Å². The normalized spacial score (nSPS) is 20.4. The number of hydrogen-bond donors (Lipinski definition) is 1. The Kier molecular flexibility index (Phi) is 7.49. The zero-order valence-corrected chi connectivity index (χ0v) is 21.9. The number of carbonyl (C=O) groups is 3. The van der Waals surface area contributed by atoms with Gasteiger partial charge >= 0.3 is 6.09 Å². The van der Waals surface area contributed by atoms with Crippen LogP contribution in [-0.2, 0) is 9.53 Å². The van der Waals surface area contributed by atoms with E-state index in [0.29, 0.717) is 38.3 Å². The Labute approximate surface area is 216 Å². The molecule has 194 valence electrons. The molecule has 2 atom stereocenters. The number of furan rings is 1. The molecule has 9 nitrogen and oxygen atoms in total. The number of amides is 3. The molecule has 0 aliphatic carbocycles. The predicted molar refractivity (Wildman–Crippen MR) is 137 cm³/mol. The molecule has 3 heterocycles. The highest BCUT2D eigenvalue weighted by Crippen LogP contribution is 2.28. The molecule has 2 aliphatic rings. The third-order valence-corrected chi connectivity index (χ3v) is 6.64. The van der Waals surface area contributed by atoms with E-state index in [4.69, 9.17) is 20.8 Å². The molecule has 3 amide bonds. The second kappa shape index (κ2) is 10.4. The molecule has 0 saturated carbocycles. The minimum Gasteiger partial charge on any atom is -0.444 e. The van der Waals surface area contributed by atoms with Gasteiger partial charge in [0.05, 0.1) is 0 Å². The number of piperazine rings is 1. The van der Waals surface area contributed by atoms with Crippen LogP contribution in [0, 0.1) is 0 Å². The van der Waals surface area contributed by atoms with E-state index >= 15 is 0 Å². The highest BCUT2D eigenvalue weighted by atomic mass is 35.5. The van der Waals surface area contributed by atoms with Crippen LogP contribution in [-0.4, -0.2) is 71.6 Å². The van der Waals surface area contributed by atoms with Crippen molar-refractivity contribution < 1.29 is 23.5 Å². The molecule has 2 aliphatic heterocycles. The van der Waals surface area contributed by atoms with Gasteiger partial charge in [-0.15, -0.1) is 0 Å². The molecule has 0 bridgehead atoms. The van der Waals surface area contributed by atoms with Crippen LogP contribution in [0.25, 0.3) is 0 Å². The Balaban J connectivity index is 1.32. The minimum atomic E-state index is -0.608. The van der Waals surface area contributed by atoms with Crippen LogP contribution in [0.2, 0.25) is 5.22 Å². The molecule has 1 aromatic carbocycles. The van der Waals surface area contributed by atoms with Gasteiger partial charge in [0.15, 0.2) is 11.0 Å². The Hall–Kier alpha value is -3.20. The summed E-state index contributed by atoms with van der Waals surface area (Å²) in [5.74, 6) is -0.240. The van der Waals surface area contributed by atoms with Gasteiger partial charge in [-0.1, -0.05) is 0 Å². The second-order valence-electron chi connectivity index (χ2n) is 10.2. The molecular weight excluding hydrogens is 484 g/mol. The minimum absolute atomic E-state index is 0.0130. The Morgan fingerprint density at radius 1 is 1.00 bits per heavy atom. The summed E-state index contributed by atoms with van der Waals surface area (Å²) in [7, 11) is 0. The Bertz CT molecular complexity index is 1100. The molecule has 0 radical (unpaired) electrons. The lowest BCUT2D eigenvalue weighted by molar-refractivity contribution is -0.136. The van der Waals surface area contributed by atoms with Crippen molar-refractivity contribution in [3.63, 3.8) is 0 Å². The van der Waals surface area contributed by atoms with Crippen molar-refractivity contribution in [1.82, 2.24) is 9.80 Å². The molecule has 2 fully saturated rings. The number of halogens is 1. The maximum Gasteiger partial charge on any atom is 0.411 e. The monoisotopic (exact) mass is 516 g/mol. The van der Waals surface area contributed by atoms with Crippen molar-refractivity contribution in [2.24, 2.45) is 0 Å².